The summed E-state index contributed by atoms with van der Waals surface area (Å²) in [6.45, 7) is 0. The molecule has 0 aromatic rings. The van der Waals surface area contributed by atoms with Crippen molar-refractivity contribution < 1.29 is 75.9 Å². The normalized spacial score (nSPS) is 15.6. The number of halogens is 9. The zero-order valence-electron chi connectivity index (χ0n) is 10.2. The van der Waals surface area contributed by atoms with E-state index in [1.807, 2.05) is 8.47 Å². The number of hydroxylamine groups is 2. The van der Waals surface area contributed by atoms with Gasteiger partial charge in [-0.15, -0.1) is 4.28 Å². The Morgan fingerprint density at radius 3 is 1.28 bits per heavy atom. The van der Waals surface area contributed by atoms with Crippen LogP contribution in [0.2, 0.25) is 0 Å². The molecule has 0 aliphatic carbocycles. The van der Waals surface area contributed by atoms with Crippen LogP contribution in [0.5, 0.6) is 0 Å². The Hall–Kier alpha value is -0.940. The van der Waals surface area contributed by atoms with E-state index in [9.17, 15) is 63.3 Å². The lowest BCUT2D eigenvalue weighted by Crippen LogP contribution is -2.62. The Labute approximate surface area is 131 Å². The molecule has 0 aromatic heterocycles. The summed E-state index contributed by atoms with van der Waals surface area (Å²) in [7, 11) is -21.2. The summed E-state index contributed by atoms with van der Waals surface area (Å²) in [4.78, 5) is 0. The topological polar surface area (TPSA) is 133 Å². The molecule has 0 aromatic carbocycles. The van der Waals surface area contributed by atoms with Crippen LogP contribution in [-0.4, -0.2) is 48.7 Å². The number of rotatable bonds is 9. The lowest BCUT2D eigenvalue weighted by atomic mass is 10.5. The average molecular weight is 461 g/mol. The van der Waals surface area contributed by atoms with Crippen LogP contribution in [0.3, 0.4) is 0 Å². The van der Waals surface area contributed by atoms with Gasteiger partial charge in [0.1, 0.15) is 0 Å². The van der Waals surface area contributed by atoms with Crippen LogP contribution < -0.4 is 0 Å². The molecule has 0 rings (SSSR count). The Morgan fingerprint density at radius 1 is 0.640 bits per heavy atom. The second kappa shape index (κ2) is 6.66. The van der Waals surface area contributed by atoms with Crippen LogP contribution in [0.1, 0.15) is 0 Å². The maximum Gasteiger partial charge on any atom is 0.470 e. The second-order valence-corrected chi connectivity index (χ2v) is 6.10. The fourth-order valence-electron chi connectivity index (χ4n) is 0.790. The molecule has 0 atom stereocenters. The van der Waals surface area contributed by atoms with Crippen molar-refractivity contribution in [1.29, 1.82) is 0 Å². The van der Waals surface area contributed by atoms with Gasteiger partial charge >= 0.3 is 49.9 Å². The monoisotopic (exact) mass is 461 g/mol. The fraction of sp³-hybridized carbons (Fsp3) is 1.00. The van der Waals surface area contributed by atoms with E-state index in [0.717, 1.165) is 0 Å². The number of nitrogens with zero attached hydrogens (tertiary/aromatic N) is 1. The molecule has 0 radical (unpaired) electrons. The lowest BCUT2D eigenvalue weighted by Gasteiger charge is -2.34. The van der Waals surface area contributed by atoms with E-state index in [2.05, 4.69) is 0 Å². The highest BCUT2D eigenvalue weighted by molar-refractivity contribution is 7.82. The summed E-state index contributed by atoms with van der Waals surface area (Å²) < 4.78 is 179. The minimum absolute atomic E-state index is 1.76. The highest BCUT2D eigenvalue weighted by Gasteiger charge is 2.73. The van der Waals surface area contributed by atoms with Crippen molar-refractivity contribution in [2.24, 2.45) is 0 Å². The summed E-state index contributed by atoms with van der Waals surface area (Å²) in [5.74, 6) is 0. The molecule has 0 saturated heterocycles. The molecule has 0 aliphatic heterocycles. The molecule has 0 aliphatic rings. The molecule has 25 heavy (non-hydrogen) atoms. The SMILES string of the molecule is O=S(=O)(F)ON(C(F)(F)OS(=O)(=O)F)C(F)(F)C(F)(F)OS(=O)(=O)F. The second-order valence-electron chi connectivity index (χ2n) is 3.26. The quantitative estimate of drug-likeness (QED) is 0.158. The molecule has 10 nitrogen and oxygen atoms in total. The maximum absolute atomic E-state index is 13.2. The summed E-state index contributed by atoms with van der Waals surface area (Å²) >= 11 is 0. The first kappa shape index (κ1) is 24.1. The first-order valence-electron chi connectivity index (χ1n) is 4.38. The third kappa shape index (κ3) is 7.45. The van der Waals surface area contributed by atoms with E-state index >= 15 is 0 Å². The van der Waals surface area contributed by atoms with E-state index in [-0.39, 0.29) is 0 Å². The molecule has 0 amide bonds. The zero-order chi connectivity index (χ0) is 20.7. The largest absolute Gasteiger partial charge is 0.470 e. The maximum atomic E-state index is 13.2. The average Bonchev–Trinajstić information content (AvgIpc) is 2.16. The van der Waals surface area contributed by atoms with Gasteiger partial charge in [0.2, 0.25) is 0 Å². The number of hydrogen-bond acceptors (Lipinski definition) is 10. The number of alkyl halides is 6. The van der Waals surface area contributed by atoms with E-state index in [4.69, 9.17) is 0 Å². The van der Waals surface area contributed by atoms with Crippen LogP contribution in [0.25, 0.3) is 0 Å². The standard InChI is InChI=1S/C3F9NO9S3/c4-1(5,2(6,7)20-23(10,14)15)13(22-25(12,18)19)3(8,9)21-24(11,16)17. The van der Waals surface area contributed by atoms with Crippen molar-refractivity contribution in [3.63, 3.8) is 0 Å². The van der Waals surface area contributed by atoms with Gasteiger partial charge in [0.05, 0.1) is 0 Å². The van der Waals surface area contributed by atoms with Gasteiger partial charge in [-0.25, -0.2) is 0 Å². The Morgan fingerprint density at radius 2 is 1.00 bits per heavy atom. The predicted molar refractivity (Wildman–Crippen MR) is 50.0 cm³/mol. The molecule has 152 valence electrons. The van der Waals surface area contributed by atoms with Gasteiger partial charge < -0.3 is 0 Å². The fourth-order valence-corrected chi connectivity index (χ4v) is 1.81. The van der Waals surface area contributed by atoms with Crippen molar-refractivity contribution in [3.05, 3.63) is 0 Å². The number of hydrogen-bond donors (Lipinski definition) is 0. The van der Waals surface area contributed by atoms with Crippen molar-refractivity contribution in [1.82, 2.24) is 5.06 Å². The van der Waals surface area contributed by atoms with Crippen molar-refractivity contribution in [2.45, 2.75) is 18.4 Å². The predicted octanol–water partition coefficient (Wildman–Crippen LogP) is 0.632. The van der Waals surface area contributed by atoms with Crippen LogP contribution in [0, 0.1) is 0 Å². The summed E-state index contributed by atoms with van der Waals surface area (Å²) in [5.41, 5.74) is 0. The van der Waals surface area contributed by atoms with Crippen LogP contribution in [-0.2, 0) is 44.2 Å². The van der Waals surface area contributed by atoms with Gasteiger partial charge in [0.25, 0.3) is 0 Å². The van der Waals surface area contributed by atoms with Gasteiger partial charge in [0.15, 0.2) is 0 Å². The third-order valence-corrected chi connectivity index (χ3v) is 2.54. The molecule has 0 fully saturated rings. The van der Waals surface area contributed by atoms with E-state index < -0.39 is 55.0 Å². The van der Waals surface area contributed by atoms with Gasteiger partial charge in [0, 0.05) is 0 Å². The zero-order valence-corrected chi connectivity index (χ0v) is 12.7. The Balaban J connectivity index is 6.31. The molecule has 0 unspecified atom stereocenters. The molecular weight excluding hydrogens is 461 g/mol. The first-order valence-corrected chi connectivity index (χ1v) is 8.31. The van der Waals surface area contributed by atoms with E-state index in [0.29, 0.717) is 0 Å². The highest BCUT2D eigenvalue weighted by atomic mass is 32.3. The van der Waals surface area contributed by atoms with Crippen molar-refractivity contribution >= 4 is 31.5 Å². The molecule has 0 spiro atoms. The van der Waals surface area contributed by atoms with Crippen molar-refractivity contribution in [2.75, 3.05) is 0 Å². The third-order valence-electron chi connectivity index (χ3n) is 1.41. The minimum atomic E-state index is -7.21. The Kier molecular flexibility index (Phi) is 6.41. The van der Waals surface area contributed by atoms with Gasteiger partial charge in [-0.3, -0.25) is 0 Å². The molecular formula is C3F9NO9S3. The van der Waals surface area contributed by atoms with Gasteiger partial charge in [-0.1, -0.05) is 11.7 Å². The summed E-state index contributed by atoms with van der Waals surface area (Å²) in [5, 5.41) is -3.45. The minimum Gasteiger partial charge on any atom is -0.175 e. The van der Waals surface area contributed by atoms with Crippen molar-refractivity contribution in [3.8, 4) is 0 Å². The molecule has 22 heteroatoms. The van der Waals surface area contributed by atoms with Crippen LogP contribution >= 0.6 is 0 Å². The highest BCUT2D eigenvalue weighted by Crippen LogP contribution is 2.45. The van der Waals surface area contributed by atoms with Crippen LogP contribution in [0.4, 0.5) is 38.0 Å². The van der Waals surface area contributed by atoms with E-state index in [1.165, 1.54) is 0 Å². The summed E-state index contributed by atoms with van der Waals surface area (Å²) in [6.07, 6.45) is -13.8. The van der Waals surface area contributed by atoms with Gasteiger partial charge in [-0.05, 0) is 5.06 Å². The lowest BCUT2D eigenvalue weighted by molar-refractivity contribution is -0.491. The van der Waals surface area contributed by atoms with Crippen LogP contribution in [0.15, 0.2) is 0 Å². The molecule has 0 bridgehead atoms. The Bertz CT molecular complexity index is 803. The van der Waals surface area contributed by atoms with E-state index in [1.54, 1.807) is 4.18 Å². The summed E-state index contributed by atoms with van der Waals surface area (Å²) in [6, 6.07) is -7.21. The molecule has 0 heterocycles. The molecule has 0 N–H and O–H groups in total. The molecule has 0 saturated carbocycles. The smallest absolute Gasteiger partial charge is 0.175 e. The van der Waals surface area contributed by atoms with Gasteiger partial charge in [-0.2, -0.15) is 60.0 Å². The first-order chi connectivity index (χ1) is 10.5.